The van der Waals surface area contributed by atoms with Crippen molar-refractivity contribution in [3.05, 3.63) is 63.8 Å². The highest BCUT2D eigenvalue weighted by Gasteiger charge is 2.32. The zero-order valence-electron chi connectivity index (χ0n) is 19.5. The number of aryl methyl sites for hydroxylation is 3. The Kier molecular flexibility index (Phi) is 5.63. The standard InChI is InChI=1S/C23H23FN8O3/c1-14-12-15(2)27-20-18(14)22(28-29(20)3)35-23-19(32(33)34)21(25-13-26-23)31-10-8-30(9-11-31)17-7-5-4-6-16(17)24/h4-7,12-13H,8-11H2,1-3H3. The highest BCUT2D eigenvalue weighted by Crippen LogP contribution is 2.38. The van der Waals surface area contributed by atoms with Gasteiger partial charge in [-0.1, -0.05) is 12.1 Å². The van der Waals surface area contributed by atoms with Gasteiger partial charge in [0.2, 0.25) is 11.7 Å². The van der Waals surface area contributed by atoms with Crippen LogP contribution in [0.3, 0.4) is 0 Å². The average Bonchev–Trinajstić information content (AvgIpc) is 3.14. The molecule has 4 heterocycles. The Balaban J connectivity index is 1.46. The predicted octanol–water partition coefficient (Wildman–Crippen LogP) is 3.54. The van der Waals surface area contributed by atoms with Crippen LogP contribution < -0.4 is 14.5 Å². The van der Waals surface area contributed by atoms with Gasteiger partial charge in [-0.25, -0.2) is 19.0 Å². The highest BCUT2D eigenvalue weighted by molar-refractivity contribution is 5.85. The van der Waals surface area contributed by atoms with E-state index in [1.54, 1.807) is 34.8 Å². The van der Waals surface area contributed by atoms with Crippen molar-refractivity contribution < 1.29 is 14.1 Å². The van der Waals surface area contributed by atoms with Crippen molar-refractivity contribution in [2.75, 3.05) is 36.0 Å². The van der Waals surface area contributed by atoms with Crippen molar-refractivity contribution in [3.8, 4) is 11.8 Å². The number of anilines is 2. The zero-order chi connectivity index (χ0) is 24.7. The van der Waals surface area contributed by atoms with E-state index >= 15 is 0 Å². The minimum absolute atomic E-state index is 0.152. The Morgan fingerprint density at radius 2 is 1.77 bits per heavy atom. The third kappa shape index (κ3) is 4.07. The predicted molar refractivity (Wildman–Crippen MR) is 128 cm³/mol. The van der Waals surface area contributed by atoms with Crippen molar-refractivity contribution in [2.45, 2.75) is 13.8 Å². The van der Waals surface area contributed by atoms with Gasteiger partial charge in [-0.05, 0) is 37.6 Å². The number of nitro groups is 1. The van der Waals surface area contributed by atoms with Crippen LogP contribution in [0.2, 0.25) is 0 Å². The van der Waals surface area contributed by atoms with Gasteiger partial charge in [-0.2, -0.15) is 4.98 Å². The molecular formula is C23H23FN8O3. The van der Waals surface area contributed by atoms with E-state index in [2.05, 4.69) is 20.1 Å². The van der Waals surface area contributed by atoms with Crippen LogP contribution in [0.5, 0.6) is 11.8 Å². The van der Waals surface area contributed by atoms with Gasteiger partial charge in [0.25, 0.3) is 0 Å². The topological polar surface area (TPSA) is 115 Å². The van der Waals surface area contributed by atoms with E-state index in [1.807, 2.05) is 24.8 Å². The fourth-order valence-corrected chi connectivity index (χ4v) is 4.40. The van der Waals surface area contributed by atoms with Crippen LogP contribution in [0.15, 0.2) is 36.7 Å². The lowest BCUT2D eigenvalue weighted by molar-refractivity contribution is -0.385. The molecule has 4 aromatic rings. The van der Waals surface area contributed by atoms with E-state index in [0.29, 0.717) is 42.9 Å². The van der Waals surface area contributed by atoms with Crippen LogP contribution >= 0.6 is 0 Å². The molecule has 1 saturated heterocycles. The van der Waals surface area contributed by atoms with Crippen LogP contribution in [0, 0.1) is 29.8 Å². The van der Waals surface area contributed by atoms with Gasteiger partial charge in [0.1, 0.15) is 12.1 Å². The summed E-state index contributed by atoms with van der Waals surface area (Å²) in [5.41, 5.74) is 2.49. The largest absolute Gasteiger partial charge is 0.412 e. The summed E-state index contributed by atoms with van der Waals surface area (Å²) >= 11 is 0. The molecule has 0 bridgehead atoms. The van der Waals surface area contributed by atoms with Gasteiger partial charge in [-0.15, -0.1) is 5.10 Å². The van der Waals surface area contributed by atoms with Crippen molar-refractivity contribution >= 4 is 28.2 Å². The SMILES string of the molecule is Cc1cc(C)c2c(Oc3ncnc(N4CCN(c5ccccc5F)CC4)c3[N+](=O)[O-])nn(C)c2n1. The van der Waals surface area contributed by atoms with Gasteiger partial charge in [0.05, 0.1) is 16.0 Å². The molecule has 1 aliphatic heterocycles. The Bertz CT molecular complexity index is 1430. The first-order valence-corrected chi connectivity index (χ1v) is 11.1. The number of ether oxygens (including phenoxy) is 1. The Morgan fingerprint density at radius 1 is 1.06 bits per heavy atom. The first-order chi connectivity index (χ1) is 16.8. The molecule has 1 aromatic carbocycles. The average molecular weight is 478 g/mol. The third-order valence-corrected chi connectivity index (χ3v) is 6.00. The smallest absolute Gasteiger partial charge is 0.373 e. The van der Waals surface area contributed by atoms with E-state index in [0.717, 1.165) is 11.3 Å². The molecule has 1 aliphatic rings. The molecule has 0 N–H and O–H groups in total. The van der Waals surface area contributed by atoms with Crippen molar-refractivity contribution in [1.29, 1.82) is 0 Å². The van der Waals surface area contributed by atoms with Crippen molar-refractivity contribution in [2.24, 2.45) is 7.05 Å². The summed E-state index contributed by atoms with van der Waals surface area (Å²) < 4.78 is 21.7. The monoisotopic (exact) mass is 478 g/mol. The molecule has 5 rings (SSSR count). The molecule has 0 amide bonds. The van der Waals surface area contributed by atoms with Gasteiger partial charge in [0, 0.05) is 38.9 Å². The van der Waals surface area contributed by atoms with E-state index in [9.17, 15) is 14.5 Å². The number of piperazine rings is 1. The first kappa shape index (κ1) is 22.4. The fourth-order valence-electron chi connectivity index (χ4n) is 4.40. The molecule has 0 aliphatic carbocycles. The molecule has 0 radical (unpaired) electrons. The van der Waals surface area contributed by atoms with Crippen LogP contribution in [0.4, 0.5) is 21.6 Å². The second-order valence-corrected chi connectivity index (χ2v) is 8.34. The van der Waals surface area contributed by atoms with E-state index in [-0.39, 0.29) is 29.1 Å². The number of hydrogen-bond donors (Lipinski definition) is 0. The Morgan fingerprint density at radius 3 is 2.49 bits per heavy atom. The lowest BCUT2D eigenvalue weighted by Crippen LogP contribution is -2.47. The number of nitrogens with zero attached hydrogens (tertiary/aromatic N) is 8. The minimum atomic E-state index is -0.547. The zero-order valence-corrected chi connectivity index (χ0v) is 19.5. The quantitative estimate of drug-likeness (QED) is 0.314. The van der Waals surface area contributed by atoms with Gasteiger partial charge in [-0.3, -0.25) is 10.1 Å². The summed E-state index contributed by atoms with van der Waals surface area (Å²) in [5.74, 6) is -0.160. The van der Waals surface area contributed by atoms with E-state index in [1.165, 1.54) is 12.4 Å². The number of aromatic nitrogens is 5. The number of hydrogen-bond acceptors (Lipinski definition) is 9. The molecule has 11 nitrogen and oxygen atoms in total. The molecule has 35 heavy (non-hydrogen) atoms. The maximum atomic E-state index is 14.2. The summed E-state index contributed by atoms with van der Waals surface area (Å²) in [6.45, 7) is 5.58. The number of fused-ring (bicyclic) bond motifs is 1. The molecule has 3 aromatic heterocycles. The lowest BCUT2D eigenvalue weighted by atomic mass is 10.2. The summed E-state index contributed by atoms with van der Waals surface area (Å²) in [5, 5.41) is 17.1. The minimum Gasteiger partial charge on any atom is -0.412 e. The maximum absolute atomic E-state index is 14.2. The van der Waals surface area contributed by atoms with Crippen molar-refractivity contribution in [1.82, 2.24) is 24.7 Å². The molecular weight excluding hydrogens is 455 g/mol. The van der Waals surface area contributed by atoms with Crippen LogP contribution in [0.25, 0.3) is 11.0 Å². The number of para-hydroxylation sites is 1. The van der Waals surface area contributed by atoms with E-state index in [4.69, 9.17) is 4.74 Å². The fraction of sp³-hybridized carbons (Fsp3) is 0.304. The lowest BCUT2D eigenvalue weighted by Gasteiger charge is -2.36. The second kappa shape index (κ2) is 8.78. The second-order valence-electron chi connectivity index (χ2n) is 8.34. The van der Waals surface area contributed by atoms with Gasteiger partial charge in [0.15, 0.2) is 5.65 Å². The molecule has 1 fully saturated rings. The van der Waals surface area contributed by atoms with Crippen LogP contribution in [-0.2, 0) is 7.05 Å². The molecule has 12 heteroatoms. The van der Waals surface area contributed by atoms with Crippen LogP contribution in [-0.4, -0.2) is 55.8 Å². The summed E-state index contributed by atoms with van der Waals surface area (Å²) in [6.07, 6.45) is 1.24. The Hall–Kier alpha value is -4.35. The Labute approximate surface area is 199 Å². The normalized spacial score (nSPS) is 13.9. The van der Waals surface area contributed by atoms with Gasteiger partial charge >= 0.3 is 11.6 Å². The maximum Gasteiger partial charge on any atom is 0.373 e. The first-order valence-electron chi connectivity index (χ1n) is 11.1. The van der Waals surface area contributed by atoms with Crippen LogP contribution in [0.1, 0.15) is 11.3 Å². The molecule has 0 unspecified atom stereocenters. The molecule has 0 saturated carbocycles. The third-order valence-electron chi connectivity index (χ3n) is 6.00. The summed E-state index contributed by atoms with van der Waals surface area (Å²) in [6, 6.07) is 8.46. The van der Waals surface area contributed by atoms with Gasteiger partial charge < -0.3 is 14.5 Å². The van der Waals surface area contributed by atoms with E-state index < -0.39 is 4.92 Å². The number of pyridine rings is 1. The highest BCUT2D eigenvalue weighted by atomic mass is 19.1. The molecule has 0 atom stereocenters. The summed E-state index contributed by atoms with van der Waals surface area (Å²) in [4.78, 5) is 28.0. The molecule has 180 valence electrons. The van der Waals surface area contributed by atoms with Crippen molar-refractivity contribution in [3.63, 3.8) is 0 Å². The number of rotatable bonds is 5. The number of benzene rings is 1. The number of halogens is 1. The summed E-state index contributed by atoms with van der Waals surface area (Å²) in [7, 11) is 1.73. The molecule has 0 spiro atoms.